The van der Waals surface area contributed by atoms with Crippen LogP contribution in [0, 0.1) is 11.3 Å². The van der Waals surface area contributed by atoms with Crippen LogP contribution < -0.4 is 16.0 Å². The molecule has 0 saturated carbocycles. The maximum Gasteiger partial charge on any atom is 0.249 e. The fraction of sp³-hybridized carbons (Fsp3) is 0.400. The van der Waals surface area contributed by atoms with Crippen molar-refractivity contribution >= 4 is 11.8 Å². The molecule has 2 aromatic carbocycles. The molecule has 9 heteroatoms. The van der Waals surface area contributed by atoms with E-state index >= 15 is 0 Å². The van der Waals surface area contributed by atoms with Crippen molar-refractivity contribution in [1.82, 2.24) is 15.0 Å². The lowest BCUT2D eigenvalue weighted by Crippen LogP contribution is -2.22. The normalized spacial score (nSPS) is 12.2. The molecule has 4 N–H and O–H groups in total. The first kappa shape index (κ1) is 29.4. The lowest BCUT2D eigenvalue weighted by molar-refractivity contribution is -0.129. The van der Waals surface area contributed by atoms with E-state index in [4.69, 9.17) is 20.7 Å². The van der Waals surface area contributed by atoms with Gasteiger partial charge in [-0.3, -0.25) is 14.8 Å². The van der Waals surface area contributed by atoms with Crippen LogP contribution in [-0.2, 0) is 23.7 Å². The average Bonchev–Trinajstić information content (AvgIpc) is 3.28. The standard InChI is InChI=1S/C30H37N5O4/c1-18(2)39-25-13-12-22(28(32)37)27(23(25)16-31)21(11-14-26(36)34-38)15-19-7-9-20(10-8-19)24-17-35(6)29(33-24)30(3,4)5/h7-10,12-13,17-18,21,38H,11,14-15H2,1-6H3,(H2,32,37)(H,34,36). The molecule has 0 saturated heterocycles. The summed E-state index contributed by atoms with van der Waals surface area (Å²) in [5, 5.41) is 19.1. The zero-order valence-electron chi connectivity index (χ0n) is 23.4. The number of nitrogens with one attached hydrogen (secondary N) is 1. The predicted octanol–water partition coefficient (Wildman–Crippen LogP) is 4.75. The second kappa shape index (κ2) is 12.1. The van der Waals surface area contributed by atoms with Crippen LogP contribution in [0.2, 0.25) is 0 Å². The molecule has 0 aliphatic rings. The molecule has 9 nitrogen and oxygen atoms in total. The highest BCUT2D eigenvalue weighted by Crippen LogP contribution is 2.36. The van der Waals surface area contributed by atoms with Gasteiger partial charge in [-0.1, -0.05) is 45.0 Å². The van der Waals surface area contributed by atoms with Crippen LogP contribution in [-0.4, -0.2) is 32.7 Å². The second-order valence-electron chi connectivity index (χ2n) is 11.0. The summed E-state index contributed by atoms with van der Waals surface area (Å²) in [4.78, 5) is 29.2. The van der Waals surface area contributed by atoms with Crippen LogP contribution in [0.3, 0.4) is 0 Å². The first-order valence-electron chi connectivity index (χ1n) is 12.9. The molecule has 0 fully saturated rings. The summed E-state index contributed by atoms with van der Waals surface area (Å²) in [5.74, 6) is -0.328. The Kier molecular flexibility index (Phi) is 9.15. The Morgan fingerprint density at radius 3 is 2.36 bits per heavy atom. The summed E-state index contributed by atoms with van der Waals surface area (Å²) in [6, 6.07) is 13.3. The van der Waals surface area contributed by atoms with E-state index in [0.29, 0.717) is 17.7 Å². The van der Waals surface area contributed by atoms with Gasteiger partial charge in [0.05, 0.1) is 17.4 Å². The van der Waals surface area contributed by atoms with E-state index in [2.05, 4.69) is 26.8 Å². The molecule has 3 rings (SSSR count). The Hall–Kier alpha value is -4.16. The number of carbonyl (C=O) groups is 2. The van der Waals surface area contributed by atoms with Gasteiger partial charge in [0.1, 0.15) is 17.6 Å². The summed E-state index contributed by atoms with van der Waals surface area (Å²) < 4.78 is 7.89. The lowest BCUT2D eigenvalue weighted by atomic mass is 9.82. The first-order valence-corrected chi connectivity index (χ1v) is 12.9. The first-order chi connectivity index (χ1) is 18.3. The number of aryl methyl sites for hydroxylation is 1. The van der Waals surface area contributed by atoms with Crippen molar-refractivity contribution in [3.05, 3.63) is 70.7 Å². The SMILES string of the molecule is CC(C)Oc1ccc(C(N)=O)c(C(CCC(=O)NO)Cc2ccc(-c3cn(C)c(C(C)(C)C)n3)cc2)c1C#N. The van der Waals surface area contributed by atoms with Crippen molar-refractivity contribution in [3.63, 3.8) is 0 Å². The van der Waals surface area contributed by atoms with Crippen LogP contribution in [0.5, 0.6) is 5.75 Å². The molecule has 0 radical (unpaired) electrons. The van der Waals surface area contributed by atoms with Crippen molar-refractivity contribution in [2.24, 2.45) is 12.8 Å². The minimum Gasteiger partial charge on any atom is -0.490 e. The number of hydrogen-bond donors (Lipinski definition) is 3. The van der Waals surface area contributed by atoms with Gasteiger partial charge in [0, 0.05) is 36.2 Å². The van der Waals surface area contributed by atoms with Gasteiger partial charge in [-0.25, -0.2) is 10.5 Å². The van der Waals surface area contributed by atoms with Gasteiger partial charge in [-0.2, -0.15) is 5.26 Å². The number of imidazole rings is 1. The minimum absolute atomic E-state index is 0.0128. The van der Waals surface area contributed by atoms with E-state index in [1.807, 2.05) is 55.9 Å². The van der Waals surface area contributed by atoms with Gasteiger partial charge in [-0.05, 0) is 55.9 Å². The molecule has 0 aliphatic heterocycles. The number of carbonyl (C=O) groups excluding carboxylic acids is 2. The number of nitriles is 1. The van der Waals surface area contributed by atoms with E-state index in [-0.39, 0.29) is 35.5 Å². The van der Waals surface area contributed by atoms with Crippen molar-refractivity contribution < 1.29 is 19.5 Å². The van der Waals surface area contributed by atoms with Gasteiger partial charge < -0.3 is 15.0 Å². The van der Waals surface area contributed by atoms with Crippen molar-refractivity contribution in [2.45, 2.75) is 71.3 Å². The molecule has 0 aliphatic carbocycles. The van der Waals surface area contributed by atoms with Gasteiger partial charge >= 0.3 is 0 Å². The maximum atomic E-state index is 12.4. The van der Waals surface area contributed by atoms with Crippen LogP contribution in [0.4, 0.5) is 0 Å². The number of amides is 2. The van der Waals surface area contributed by atoms with E-state index in [1.165, 1.54) is 0 Å². The molecular formula is C30H37N5O4. The molecule has 1 aromatic heterocycles. The molecule has 1 atom stereocenters. The van der Waals surface area contributed by atoms with E-state index in [1.54, 1.807) is 17.6 Å². The number of primary amides is 1. The third kappa shape index (κ3) is 7.03. The highest BCUT2D eigenvalue weighted by Gasteiger charge is 2.26. The molecule has 1 unspecified atom stereocenters. The largest absolute Gasteiger partial charge is 0.490 e. The summed E-state index contributed by atoms with van der Waals surface area (Å²) in [6.07, 6.45) is 2.49. The molecule has 39 heavy (non-hydrogen) atoms. The quantitative estimate of drug-likeness (QED) is 0.254. The molecule has 0 bridgehead atoms. The zero-order valence-corrected chi connectivity index (χ0v) is 23.4. The van der Waals surface area contributed by atoms with Crippen LogP contribution in [0.25, 0.3) is 11.3 Å². The number of hydrogen-bond acceptors (Lipinski definition) is 6. The maximum absolute atomic E-state index is 12.4. The summed E-state index contributed by atoms with van der Waals surface area (Å²) in [6.45, 7) is 10.1. The van der Waals surface area contributed by atoms with Crippen LogP contribution in [0.15, 0.2) is 42.6 Å². The summed E-state index contributed by atoms with van der Waals surface area (Å²) in [7, 11) is 1.98. The molecule has 3 aromatic rings. The van der Waals surface area contributed by atoms with Gasteiger partial charge in [0.25, 0.3) is 0 Å². The Morgan fingerprint density at radius 1 is 1.18 bits per heavy atom. The Labute approximate surface area is 229 Å². The van der Waals surface area contributed by atoms with Crippen molar-refractivity contribution in [2.75, 3.05) is 0 Å². The number of aromatic nitrogens is 2. The van der Waals surface area contributed by atoms with Crippen molar-refractivity contribution in [3.8, 4) is 23.1 Å². The molecule has 2 amide bonds. The molecule has 0 spiro atoms. The van der Waals surface area contributed by atoms with Gasteiger partial charge in [-0.15, -0.1) is 0 Å². The number of nitrogens with two attached hydrogens (primary N) is 1. The number of rotatable bonds is 10. The third-order valence-corrected chi connectivity index (χ3v) is 6.48. The number of hydroxylamine groups is 1. The summed E-state index contributed by atoms with van der Waals surface area (Å²) >= 11 is 0. The average molecular weight is 532 g/mol. The van der Waals surface area contributed by atoms with E-state index in [0.717, 1.165) is 22.6 Å². The van der Waals surface area contributed by atoms with Crippen LogP contribution in [0.1, 0.15) is 86.3 Å². The Balaban J connectivity index is 2.03. The zero-order chi connectivity index (χ0) is 28.9. The number of benzene rings is 2. The number of ether oxygens (including phenoxy) is 1. The molecule has 206 valence electrons. The minimum atomic E-state index is -0.672. The van der Waals surface area contributed by atoms with Gasteiger partial charge in [0.2, 0.25) is 11.8 Å². The monoisotopic (exact) mass is 531 g/mol. The Bertz CT molecular complexity index is 1380. The molecule has 1 heterocycles. The lowest BCUT2D eigenvalue weighted by Gasteiger charge is -2.23. The van der Waals surface area contributed by atoms with E-state index < -0.39 is 17.7 Å². The fourth-order valence-corrected chi connectivity index (χ4v) is 4.81. The van der Waals surface area contributed by atoms with E-state index in [9.17, 15) is 14.9 Å². The topological polar surface area (TPSA) is 143 Å². The fourth-order valence-electron chi connectivity index (χ4n) is 4.81. The Morgan fingerprint density at radius 2 is 1.85 bits per heavy atom. The van der Waals surface area contributed by atoms with Crippen molar-refractivity contribution in [1.29, 1.82) is 5.26 Å². The smallest absolute Gasteiger partial charge is 0.249 e. The summed E-state index contributed by atoms with van der Waals surface area (Å²) in [5.41, 5.74) is 10.9. The highest BCUT2D eigenvalue weighted by atomic mass is 16.5. The van der Waals surface area contributed by atoms with Crippen LogP contribution >= 0.6 is 0 Å². The molecular weight excluding hydrogens is 494 g/mol. The third-order valence-electron chi connectivity index (χ3n) is 6.48. The number of nitrogens with zero attached hydrogens (tertiary/aromatic N) is 3. The predicted molar refractivity (Wildman–Crippen MR) is 148 cm³/mol. The van der Waals surface area contributed by atoms with Gasteiger partial charge in [0.15, 0.2) is 0 Å². The highest BCUT2D eigenvalue weighted by molar-refractivity contribution is 5.95. The second-order valence-corrected chi connectivity index (χ2v) is 11.0.